The first kappa shape index (κ1) is 19.9. The molecule has 0 aliphatic carbocycles. The Morgan fingerprint density at radius 1 is 1.24 bits per heavy atom. The standard InChI is InChI=1S/C13H24O7S/c1-4-6-7-10(5-2)9-20-12(14)8-11(13(15)19-3)21(16,17)18/h10-11H,4-9H2,1-3H3,(H,16,17,18). The van der Waals surface area contributed by atoms with Gasteiger partial charge in [-0.3, -0.25) is 14.1 Å². The SMILES string of the molecule is CCCCC(CC)COC(=O)CC(C(=O)OC)S(=O)(=O)O. The maximum atomic E-state index is 11.6. The Bertz CT molecular complexity index is 430. The number of carbonyl (C=O) groups excluding carboxylic acids is 2. The number of carbonyl (C=O) groups is 2. The van der Waals surface area contributed by atoms with E-state index >= 15 is 0 Å². The Morgan fingerprint density at radius 3 is 2.29 bits per heavy atom. The van der Waals surface area contributed by atoms with Crippen LogP contribution in [0.15, 0.2) is 0 Å². The molecule has 124 valence electrons. The van der Waals surface area contributed by atoms with E-state index in [2.05, 4.69) is 11.7 Å². The van der Waals surface area contributed by atoms with E-state index in [1.165, 1.54) is 0 Å². The Hall–Kier alpha value is -1.15. The molecule has 8 heteroatoms. The summed E-state index contributed by atoms with van der Waals surface area (Å²) in [6.07, 6.45) is 3.06. The zero-order valence-corrected chi connectivity index (χ0v) is 13.5. The minimum absolute atomic E-state index is 0.175. The van der Waals surface area contributed by atoms with Gasteiger partial charge in [0.15, 0.2) is 5.25 Å². The zero-order chi connectivity index (χ0) is 16.5. The Labute approximate surface area is 125 Å². The maximum absolute atomic E-state index is 11.6. The first-order valence-electron chi connectivity index (χ1n) is 6.95. The van der Waals surface area contributed by atoms with Gasteiger partial charge in [0.05, 0.1) is 20.1 Å². The van der Waals surface area contributed by atoms with Crippen LogP contribution in [-0.4, -0.2) is 43.9 Å². The molecular weight excluding hydrogens is 300 g/mol. The number of hydrogen-bond acceptors (Lipinski definition) is 6. The average molecular weight is 324 g/mol. The van der Waals surface area contributed by atoms with Gasteiger partial charge in [0.2, 0.25) is 0 Å². The third-order valence-corrected chi connectivity index (χ3v) is 4.28. The van der Waals surface area contributed by atoms with Gasteiger partial charge in [0, 0.05) is 0 Å². The first-order chi connectivity index (χ1) is 9.76. The second-order valence-electron chi connectivity index (χ2n) is 4.83. The highest BCUT2D eigenvalue weighted by Crippen LogP contribution is 2.14. The summed E-state index contributed by atoms with van der Waals surface area (Å²) in [5.74, 6) is -1.83. The molecule has 0 radical (unpaired) electrons. The fourth-order valence-electron chi connectivity index (χ4n) is 1.76. The number of hydrogen-bond donors (Lipinski definition) is 1. The van der Waals surface area contributed by atoms with Crippen LogP contribution in [0.5, 0.6) is 0 Å². The average Bonchev–Trinajstić information content (AvgIpc) is 2.43. The molecule has 0 aromatic carbocycles. The molecule has 0 spiro atoms. The lowest BCUT2D eigenvalue weighted by Crippen LogP contribution is -2.34. The van der Waals surface area contributed by atoms with Crippen LogP contribution in [-0.2, 0) is 29.2 Å². The molecule has 0 aromatic heterocycles. The van der Waals surface area contributed by atoms with E-state index in [0.29, 0.717) is 0 Å². The number of unbranched alkanes of at least 4 members (excludes halogenated alkanes) is 1. The van der Waals surface area contributed by atoms with Crippen LogP contribution in [0.2, 0.25) is 0 Å². The van der Waals surface area contributed by atoms with Crippen LogP contribution in [0.25, 0.3) is 0 Å². The molecule has 2 unspecified atom stereocenters. The number of esters is 2. The van der Waals surface area contributed by atoms with Crippen LogP contribution in [0.3, 0.4) is 0 Å². The molecule has 0 aliphatic rings. The van der Waals surface area contributed by atoms with Crippen molar-refractivity contribution in [1.29, 1.82) is 0 Å². The van der Waals surface area contributed by atoms with E-state index in [4.69, 9.17) is 9.29 Å². The van der Waals surface area contributed by atoms with Crippen molar-refractivity contribution < 1.29 is 32.0 Å². The number of rotatable bonds is 10. The van der Waals surface area contributed by atoms with Crippen LogP contribution >= 0.6 is 0 Å². The van der Waals surface area contributed by atoms with Gasteiger partial charge in [0.25, 0.3) is 10.1 Å². The molecule has 0 fully saturated rings. The lowest BCUT2D eigenvalue weighted by Gasteiger charge is -2.16. The van der Waals surface area contributed by atoms with Gasteiger partial charge in [-0.25, -0.2) is 0 Å². The van der Waals surface area contributed by atoms with E-state index in [0.717, 1.165) is 32.8 Å². The van der Waals surface area contributed by atoms with Gasteiger partial charge >= 0.3 is 11.9 Å². The van der Waals surface area contributed by atoms with E-state index in [-0.39, 0.29) is 12.5 Å². The summed E-state index contributed by atoms with van der Waals surface area (Å²) < 4.78 is 40.3. The number of methoxy groups -OCH3 is 1. The Balaban J connectivity index is 4.48. The fraction of sp³-hybridized carbons (Fsp3) is 0.846. The van der Waals surface area contributed by atoms with Crippen molar-refractivity contribution in [2.75, 3.05) is 13.7 Å². The van der Waals surface area contributed by atoms with Gasteiger partial charge in [0.1, 0.15) is 0 Å². The Morgan fingerprint density at radius 2 is 1.86 bits per heavy atom. The molecule has 0 aromatic rings. The summed E-state index contributed by atoms with van der Waals surface area (Å²) in [6.45, 7) is 4.21. The molecule has 0 aliphatic heterocycles. The largest absolute Gasteiger partial charge is 0.468 e. The topological polar surface area (TPSA) is 107 Å². The maximum Gasteiger partial charge on any atom is 0.327 e. The van der Waals surface area contributed by atoms with Crippen molar-refractivity contribution in [3.8, 4) is 0 Å². The smallest absolute Gasteiger partial charge is 0.327 e. The summed E-state index contributed by atoms with van der Waals surface area (Å²) in [5, 5.41) is -1.94. The highest BCUT2D eigenvalue weighted by atomic mass is 32.2. The van der Waals surface area contributed by atoms with E-state index in [1.807, 2.05) is 6.92 Å². The molecule has 21 heavy (non-hydrogen) atoms. The van der Waals surface area contributed by atoms with Crippen molar-refractivity contribution in [2.45, 2.75) is 51.2 Å². The highest BCUT2D eigenvalue weighted by Gasteiger charge is 2.35. The summed E-state index contributed by atoms with van der Waals surface area (Å²) >= 11 is 0. The summed E-state index contributed by atoms with van der Waals surface area (Å²) in [4.78, 5) is 22.9. The molecule has 1 N–H and O–H groups in total. The van der Waals surface area contributed by atoms with E-state index < -0.39 is 33.7 Å². The molecule has 0 bridgehead atoms. The van der Waals surface area contributed by atoms with Gasteiger partial charge in [-0.1, -0.05) is 33.1 Å². The van der Waals surface area contributed by atoms with Crippen molar-refractivity contribution >= 4 is 22.1 Å². The minimum atomic E-state index is -4.70. The monoisotopic (exact) mass is 324 g/mol. The molecule has 0 saturated heterocycles. The molecule has 0 rings (SSSR count). The van der Waals surface area contributed by atoms with Crippen LogP contribution in [0.4, 0.5) is 0 Å². The van der Waals surface area contributed by atoms with Crippen LogP contribution in [0.1, 0.15) is 46.0 Å². The highest BCUT2D eigenvalue weighted by molar-refractivity contribution is 7.87. The summed E-state index contributed by atoms with van der Waals surface area (Å²) in [7, 11) is -3.73. The zero-order valence-electron chi connectivity index (χ0n) is 12.7. The van der Waals surface area contributed by atoms with E-state index in [1.54, 1.807) is 0 Å². The molecule has 2 atom stereocenters. The van der Waals surface area contributed by atoms with Crippen molar-refractivity contribution in [2.24, 2.45) is 5.92 Å². The lowest BCUT2D eigenvalue weighted by molar-refractivity contribution is -0.149. The fourth-order valence-corrected chi connectivity index (χ4v) is 2.45. The van der Waals surface area contributed by atoms with Crippen molar-refractivity contribution in [3.05, 3.63) is 0 Å². The third-order valence-electron chi connectivity index (χ3n) is 3.20. The Kier molecular flexibility index (Phi) is 9.19. The second kappa shape index (κ2) is 9.73. The molecule has 0 heterocycles. The molecule has 0 amide bonds. The third kappa shape index (κ3) is 8.01. The van der Waals surface area contributed by atoms with Gasteiger partial charge in [-0.15, -0.1) is 0 Å². The molecule has 7 nitrogen and oxygen atoms in total. The van der Waals surface area contributed by atoms with Gasteiger partial charge in [-0.2, -0.15) is 8.42 Å². The lowest BCUT2D eigenvalue weighted by atomic mass is 10.0. The van der Waals surface area contributed by atoms with Crippen LogP contribution < -0.4 is 0 Å². The predicted molar refractivity (Wildman–Crippen MR) is 76.2 cm³/mol. The summed E-state index contributed by atoms with van der Waals surface area (Å²) in [6, 6.07) is 0. The quantitative estimate of drug-likeness (QED) is 0.480. The van der Waals surface area contributed by atoms with Gasteiger partial charge < -0.3 is 9.47 Å². The molecule has 0 saturated carbocycles. The molecular formula is C13H24O7S. The second-order valence-corrected chi connectivity index (χ2v) is 6.43. The van der Waals surface area contributed by atoms with Gasteiger partial charge in [-0.05, 0) is 12.3 Å². The summed E-state index contributed by atoms with van der Waals surface area (Å²) in [5.41, 5.74) is 0. The predicted octanol–water partition coefficient (Wildman–Crippen LogP) is 1.57. The first-order valence-corrected chi connectivity index (χ1v) is 8.46. The minimum Gasteiger partial charge on any atom is -0.468 e. The normalized spacial score (nSPS) is 14.3. The number of ether oxygens (including phenoxy) is 2. The van der Waals surface area contributed by atoms with Crippen molar-refractivity contribution in [3.63, 3.8) is 0 Å². The van der Waals surface area contributed by atoms with Crippen molar-refractivity contribution in [1.82, 2.24) is 0 Å². The van der Waals surface area contributed by atoms with Crippen LogP contribution in [0, 0.1) is 5.92 Å². The van der Waals surface area contributed by atoms with E-state index in [9.17, 15) is 18.0 Å².